The first-order chi connectivity index (χ1) is 11.2. The van der Waals surface area contributed by atoms with Crippen LogP contribution in [0.2, 0.25) is 0 Å². The monoisotopic (exact) mass is 326 g/mol. The zero-order chi connectivity index (χ0) is 16.1. The molecule has 23 heavy (non-hydrogen) atoms. The molecule has 0 heterocycles. The van der Waals surface area contributed by atoms with E-state index in [1.54, 1.807) is 48.5 Å². The van der Waals surface area contributed by atoms with Gasteiger partial charge in [0.05, 0.1) is 5.30 Å². The summed E-state index contributed by atoms with van der Waals surface area (Å²) in [4.78, 5) is 0. The van der Waals surface area contributed by atoms with E-state index < -0.39 is 8.38 Å². The lowest BCUT2D eigenvalue weighted by molar-refractivity contribution is 0.417. The van der Waals surface area contributed by atoms with Crippen LogP contribution in [0.25, 0.3) is 0 Å². The van der Waals surface area contributed by atoms with Gasteiger partial charge >= 0.3 is 8.38 Å². The highest BCUT2D eigenvalue weighted by Gasteiger charge is 2.20. The van der Waals surface area contributed by atoms with Crippen molar-refractivity contribution < 1.29 is 19.3 Å². The van der Waals surface area contributed by atoms with E-state index in [1.165, 1.54) is 0 Å². The average Bonchev–Trinajstić information content (AvgIpc) is 2.59. The molecule has 4 nitrogen and oxygen atoms in total. The van der Waals surface area contributed by atoms with Crippen molar-refractivity contribution in [2.45, 2.75) is 0 Å². The van der Waals surface area contributed by atoms with Crippen molar-refractivity contribution in [3.8, 4) is 23.0 Å². The van der Waals surface area contributed by atoms with Crippen molar-refractivity contribution >= 4 is 13.7 Å². The Morgan fingerprint density at radius 3 is 1.48 bits per heavy atom. The van der Waals surface area contributed by atoms with Crippen LogP contribution in [-0.4, -0.2) is 10.2 Å². The van der Waals surface area contributed by atoms with Gasteiger partial charge < -0.3 is 19.3 Å². The van der Waals surface area contributed by atoms with Gasteiger partial charge in [-0.25, -0.2) is 0 Å². The normalized spacial score (nSPS) is 10.5. The van der Waals surface area contributed by atoms with Crippen LogP contribution in [-0.2, 0) is 0 Å². The van der Waals surface area contributed by atoms with Gasteiger partial charge in [-0.2, -0.15) is 0 Å². The molecule has 0 aliphatic rings. The summed E-state index contributed by atoms with van der Waals surface area (Å²) in [6.45, 7) is 0. The summed E-state index contributed by atoms with van der Waals surface area (Å²) in [5, 5.41) is 20.6. The highest BCUT2D eigenvalue weighted by molar-refractivity contribution is 7.56. The summed E-state index contributed by atoms with van der Waals surface area (Å²) in [5.74, 6) is 0.740. The summed E-state index contributed by atoms with van der Waals surface area (Å²) in [5.41, 5.74) is 0. The Kier molecular flexibility index (Phi) is 4.65. The van der Waals surface area contributed by atoms with E-state index in [9.17, 15) is 10.2 Å². The fourth-order valence-corrected chi connectivity index (χ4v) is 3.25. The third kappa shape index (κ3) is 3.74. The molecule has 0 spiro atoms. The second kappa shape index (κ2) is 7.03. The van der Waals surface area contributed by atoms with Crippen molar-refractivity contribution in [1.29, 1.82) is 0 Å². The van der Waals surface area contributed by atoms with Crippen molar-refractivity contribution in [2.75, 3.05) is 0 Å². The zero-order valence-electron chi connectivity index (χ0n) is 12.2. The Balaban J connectivity index is 1.91. The van der Waals surface area contributed by atoms with Gasteiger partial charge in [-0.15, -0.1) is 0 Å². The molecule has 0 bridgehead atoms. The summed E-state index contributed by atoms with van der Waals surface area (Å²) in [7, 11) is -1.56. The van der Waals surface area contributed by atoms with E-state index in [4.69, 9.17) is 9.05 Å². The number of para-hydroxylation sites is 4. The van der Waals surface area contributed by atoms with Gasteiger partial charge in [0.2, 0.25) is 0 Å². The molecule has 0 saturated heterocycles. The highest BCUT2D eigenvalue weighted by atomic mass is 31.2. The second-order valence-electron chi connectivity index (χ2n) is 4.71. The molecule has 0 aliphatic carbocycles. The average molecular weight is 326 g/mol. The predicted octanol–water partition coefficient (Wildman–Crippen LogP) is 4.19. The number of aromatic hydroxyl groups is 2. The molecule has 116 valence electrons. The molecule has 0 unspecified atom stereocenters. The van der Waals surface area contributed by atoms with Crippen LogP contribution in [0, 0.1) is 0 Å². The minimum Gasteiger partial charge on any atom is -0.504 e. The number of phenolic OH excluding ortho intramolecular Hbond substituents is 2. The number of benzene rings is 3. The molecule has 5 heteroatoms. The second-order valence-corrected chi connectivity index (χ2v) is 6.11. The molecule has 3 aromatic rings. The molecule has 0 aliphatic heterocycles. The molecule has 0 saturated carbocycles. The maximum absolute atomic E-state index is 9.91. The van der Waals surface area contributed by atoms with Gasteiger partial charge in [0, 0.05) is 0 Å². The molecular formula is C18H15O4P. The topological polar surface area (TPSA) is 58.9 Å². The van der Waals surface area contributed by atoms with E-state index in [2.05, 4.69) is 0 Å². The van der Waals surface area contributed by atoms with Gasteiger partial charge in [0.1, 0.15) is 0 Å². The van der Waals surface area contributed by atoms with Crippen LogP contribution in [0.15, 0.2) is 78.9 Å². The van der Waals surface area contributed by atoms with E-state index in [1.807, 2.05) is 30.3 Å². The maximum Gasteiger partial charge on any atom is 0.326 e. The molecule has 0 atom stereocenters. The van der Waals surface area contributed by atoms with Gasteiger partial charge in [-0.05, 0) is 36.4 Å². The molecule has 0 fully saturated rings. The molecule has 0 aromatic heterocycles. The van der Waals surface area contributed by atoms with Crippen LogP contribution in [0.1, 0.15) is 0 Å². The molecular weight excluding hydrogens is 311 g/mol. The number of hydrogen-bond acceptors (Lipinski definition) is 4. The van der Waals surface area contributed by atoms with Crippen molar-refractivity contribution in [3.05, 3.63) is 78.9 Å². The van der Waals surface area contributed by atoms with Crippen molar-refractivity contribution in [3.63, 3.8) is 0 Å². The lowest BCUT2D eigenvalue weighted by Gasteiger charge is -2.19. The third-order valence-corrected chi connectivity index (χ3v) is 4.50. The van der Waals surface area contributed by atoms with Crippen LogP contribution >= 0.6 is 8.38 Å². The fraction of sp³-hybridized carbons (Fsp3) is 0. The highest BCUT2D eigenvalue weighted by Crippen LogP contribution is 2.44. The quantitative estimate of drug-likeness (QED) is 0.690. The Bertz CT molecular complexity index is 729. The summed E-state index contributed by atoms with van der Waals surface area (Å²) >= 11 is 0. The largest absolute Gasteiger partial charge is 0.504 e. The molecule has 2 N–H and O–H groups in total. The Morgan fingerprint density at radius 2 is 1.00 bits per heavy atom. The van der Waals surface area contributed by atoms with Crippen LogP contribution < -0.4 is 14.4 Å². The van der Waals surface area contributed by atoms with Gasteiger partial charge in [-0.1, -0.05) is 42.5 Å². The molecule has 3 rings (SSSR count). The third-order valence-electron chi connectivity index (χ3n) is 3.06. The fourth-order valence-electron chi connectivity index (χ4n) is 1.92. The van der Waals surface area contributed by atoms with Crippen molar-refractivity contribution in [1.82, 2.24) is 0 Å². The number of phenols is 2. The first-order valence-corrected chi connectivity index (χ1v) is 8.19. The number of hydrogen-bond donors (Lipinski definition) is 2. The van der Waals surface area contributed by atoms with Crippen LogP contribution in [0.3, 0.4) is 0 Å². The lowest BCUT2D eigenvalue weighted by Crippen LogP contribution is -2.09. The summed E-state index contributed by atoms with van der Waals surface area (Å²) in [6, 6.07) is 22.8. The first kappa shape index (κ1) is 15.2. The summed E-state index contributed by atoms with van der Waals surface area (Å²) < 4.78 is 11.7. The lowest BCUT2D eigenvalue weighted by atomic mass is 10.3. The summed E-state index contributed by atoms with van der Waals surface area (Å²) in [6.07, 6.45) is 0. The predicted molar refractivity (Wildman–Crippen MR) is 90.5 cm³/mol. The minimum atomic E-state index is -1.56. The SMILES string of the molecule is Oc1ccccc1OP(Oc1ccccc1O)c1ccccc1. The van der Waals surface area contributed by atoms with E-state index >= 15 is 0 Å². The van der Waals surface area contributed by atoms with Crippen molar-refractivity contribution in [2.24, 2.45) is 0 Å². The van der Waals surface area contributed by atoms with E-state index in [0.29, 0.717) is 11.5 Å². The Hall–Kier alpha value is -2.71. The van der Waals surface area contributed by atoms with Crippen LogP contribution in [0.5, 0.6) is 23.0 Å². The van der Waals surface area contributed by atoms with E-state index in [-0.39, 0.29) is 11.5 Å². The standard InChI is InChI=1S/C18H15O4P/c19-15-10-4-6-12-17(15)21-23(14-8-2-1-3-9-14)22-18-13-7-5-11-16(18)20/h1-13,19-20H. The molecule has 0 radical (unpaired) electrons. The first-order valence-electron chi connectivity index (χ1n) is 7.01. The van der Waals surface area contributed by atoms with Crippen LogP contribution in [0.4, 0.5) is 0 Å². The smallest absolute Gasteiger partial charge is 0.326 e. The Morgan fingerprint density at radius 1 is 0.565 bits per heavy atom. The Labute approximate surface area is 135 Å². The van der Waals surface area contributed by atoms with Gasteiger partial charge in [0.15, 0.2) is 23.0 Å². The van der Waals surface area contributed by atoms with Gasteiger partial charge in [-0.3, -0.25) is 0 Å². The minimum absolute atomic E-state index is 0.0387. The maximum atomic E-state index is 9.91. The number of rotatable bonds is 5. The zero-order valence-corrected chi connectivity index (χ0v) is 13.1. The molecule has 3 aromatic carbocycles. The van der Waals surface area contributed by atoms with Gasteiger partial charge in [0.25, 0.3) is 0 Å². The van der Waals surface area contributed by atoms with E-state index in [0.717, 1.165) is 5.30 Å². The molecule has 0 amide bonds.